The first-order valence-corrected chi connectivity index (χ1v) is 5.71. The summed E-state index contributed by atoms with van der Waals surface area (Å²) in [7, 11) is 1.95. The molecule has 88 valence electrons. The van der Waals surface area contributed by atoms with Crippen molar-refractivity contribution in [1.82, 2.24) is 10.3 Å². The largest absolute Gasteiger partial charge is 0.489 e. The van der Waals surface area contributed by atoms with Crippen LogP contribution in [0.2, 0.25) is 0 Å². The van der Waals surface area contributed by atoms with Gasteiger partial charge in [0.05, 0.1) is 18.4 Å². The van der Waals surface area contributed by atoms with E-state index in [2.05, 4.69) is 10.3 Å². The fourth-order valence-electron chi connectivity index (χ4n) is 1.90. The lowest BCUT2D eigenvalue weighted by Crippen LogP contribution is -2.25. The number of nitrogens with zero attached hydrogens (tertiary/aromatic N) is 1. The van der Waals surface area contributed by atoms with E-state index in [0.29, 0.717) is 12.7 Å². The molecular weight excluding hydrogens is 204 g/mol. The van der Waals surface area contributed by atoms with Crippen molar-refractivity contribution in [3.8, 4) is 5.75 Å². The fraction of sp³-hybridized carbons (Fsp3) is 0.583. The quantitative estimate of drug-likeness (QED) is 0.813. The monoisotopic (exact) mass is 222 g/mol. The molecule has 2 atom stereocenters. The lowest BCUT2D eigenvalue weighted by atomic mass is 10.2. The van der Waals surface area contributed by atoms with Gasteiger partial charge in [0, 0.05) is 12.7 Å². The van der Waals surface area contributed by atoms with Crippen LogP contribution in [-0.2, 0) is 4.74 Å². The van der Waals surface area contributed by atoms with Crippen LogP contribution in [0.15, 0.2) is 24.5 Å². The normalized spacial score (nSPS) is 24.6. The van der Waals surface area contributed by atoms with E-state index in [1.54, 1.807) is 12.4 Å². The number of nitrogens with one attached hydrogen (secondary N) is 1. The second-order valence-electron chi connectivity index (χ2n) is 4.01. The summed E-state index contributed by atoms with van der Waals surface area (Å²) >= 11 is 0. The minimum absolute atomic E-state index is 0.221. The van der Waals surface area contributed by atoms with E-state index in [4.69, 9.17) is 9.47 Å². The summed E-state index contributed by atoms with van der Waals surface area (Å²) in [5, 5.41) is 3.13. The molecule has 2 rings (SSSR count). The van der Waals surface area contributed by atoms with E-state index in [-0.39, 0.29) is 6.10 Å². The first kappa shape index (κ1) is 11.4. The van der Waals surface area contributed by atoms with Crippen LogP contribution in [0.5, 0.6) is 5.75 Å². The highest BCUT2D eigenvalue weighted by atomic mass is 16.5. The van der Waals surface area contributed by atoms with Gasteiger partial charge in [-0.05, 0) is 32.0 Å². The molecule has 0 aliphatic carbocycles. The van der Waals surface area contributed by atoms with E-state index >= 15 is 0 Å². The minimum atomic E-state index is 0.221. The fourth-order valence-corrected chi connectivity index (χ4v) is 1.90. The summed E-state index contributed by atoms with van der Waals surface area (Å²) in [6.07, 6.45) is 6.21. The molecule has 2 heterocycles. The Balaban J connectivity index is 1.72. The van der Waals surface area contributed by atoms with E-state index < -0.39 is 0 Å². The van der Waals surface area contributed by atoms with Crippen LogP contribution < -0.4 is 10.1 Å². The summed E-state index contributed by atoms with van der Waals surface area (Å²) in [5.74, 6) is 0.808. The van der Waals surface area contributed by atoms with Gasteiger partial charge in [-0.15, -0.1) is 0 Å². The molecule has 0 spiro atoms. The van der Waals surface area contributed by atoms with E-state index in [1.807, 2.05) is 19.2 Å². The molecule has 0 radical (unpaired) electrons. The maximum atomic E-state index is 5.82. The van der Waals surface area contributed by atoms with Gasteiger partial charge in [0.1, 0.15) is 12.4 Å². The standard InChI is InChI=1S/C12H18N2O2/c1-13-7-11-4-5-12(16-11)9-15-10-3-2-6-14-8-10/h2-3,6,8,11-13H,4-5,7,9H2,1H3. The summed E-state index contributed by atoms with van der Waals surface area (Å²) in [6.45, 7) is 1.54. The molecule has 1 aliphatic heterocycles. The van der Waals surface area contributed by atoms with E-state index in [9.17, 15) is 0 Å². The lowest BCUT2D eigenvalue weighted by molar-refractivity contribution is 0.0193. The van der Waals surface area contributed by atoms with Gasteiger partial charge in [0.15, 0.2) is 0 Å². The average Bonchev–Trinajstić information content (AvgIpc) is 2.76. The molecule has 0 saturated carbocycles. The zero-order valence-corrected chi connectivity index (χ0v) is 9.56. The highest BCUT2D eigenvalue weighted by Crippen LogP contribution is 2.20. The molecule has 1 aromatic rings. The van der Waals surface area contributed by atoms with Crippen molar-refractivity contribution >= 4 is 0 Å². The van der Waals surface area contributed by atoms with Crippen molar-refractivity contribution in [2.75, 3.05) is 20.2 Å². The third-order valence-corrected chi connectivity index (χ3v) is 2.70. The molecule has 0 bridgehead atoms. The van der Waals surface area contributed by atoms with Crippen molar-refractivity contribution in [3.05, 3.63) is 24.5 Å². The second kappa shape index (κ2) is 5.82. The Kier molecular flexibility index (Phi) is 4.13. The molecule has 4 nitrogen and oxygen atoms in total. The average molecular weight is 222 g/mol. The predicted molar refractivity (Wildman–Crippen MR) is 61.6 cm³/mol. The number of ether oxygens (including phenoxy) is 2. The molecule has 4 heteroatoms. The highest BCUT2D eigenvalue weighted by molar-refractivity contribution is 5.15. The third kappa shape index (κ3) is 3.18. The number of hydrogen-bond donors (Lipinski definition) is 1. The summed E-state index contributed by atoms with van der Waals surface area (Å²) in [4.78, 5) is 4.00. The molecule has 0 aromatic carbocycles. The zero-order chi connectivity index (χ0) is 11.2. The smallest absolute Gasteiger partial charge is 0.137 e. The summed E-state index contributed by atoms with van der Waals surface area (Å²) in [5.41, 5.74) is 0. The van der Waals surface area contributed by atoms with Crippen LogP contribution >= 0.6 is 0 Å². The Bertz CT molecular complexity index is 305. The van der Waals surface area contributed by atoms with Crippen LogP contribution in [0.3, 0.4) is 0 Å². The summed E-state index contributed by atoms with van der Waals surface area (Å²) in [6, 6.07) is 3.78. The predicted octanol–water partition coefficient (Wildman–Crippen LogP) is 1.23. The SMILES string of the molecule is CNCC1CCC(COc2cccnc2)O1. The number of likely N-dealkylation sites (N-methyl/N-ethyl adjacent to an activating group) is 1. The Morgan fingerprint density at radius 2 is 2.38 bits per heavy atom. The lowest BCUT2D eigenvalue weighted by Gasteiger charge is -2.14. The molecule has 2 unspecified atom stereocenters. The number of rotatable bonds is 5. The number of aromatic nitrogens is 1. The topological polar surface area (TPSA) is 43.4 Å². The molecule has 1 N–H and O–H groups in total. The van der Waals surface area contributed by atoms with Crippen molar-refractivity contribution in [3.63, 3.8) is 0 Å². The van der Waals surface area contributed by atoms with Crippen LogP contribution in [0.25, 0.3) is 0 Å². The molecule has 0 amide bonds. The van der Waals surface area contributed by atoms with Crippen molar-refractivity contribution < 1.29 is 9.47 Å². The summed E-state index contributed by atoms with van der Waals surface area (Å²) < 4.78 is 11.4. The van der Waals surface area contributed by atoms with Gasteiger partial charge < -0.3 is 14.8 Å². The molecule has 16 heavy (non-hydrogen) atoms. The van der Waals surface area contributed by atoms with Gasteiger partial charge in [0.25, 0.3) is 0 Å². The Labute approximate surface area is 96.0 Å². The molecule has 1 fully saturated rings. The Hall–Kier alpha value is -1.13. The third-order valence-electron chi connectivity index (χ3n) is 2.70. The van der Waals surface area contributed by atoms with Crippen LogP contribution in [-0.4, -0.2) is 37.4 Å². The maximum Gasteiger partial charge on any atom is 0.137 e. The minimum Gasteiger partial charge on any atom is -0.489 e. The first-order chi connectivity index (χ1) is 7.88. The first-order valence-electron chi connectivity index (χ1n) is 5.71. The van der Waals surface area contributed by atoms with Gasteiger partial charge in [-0.2, -0.15) is 0 Å². The Morgan fingerprint density at radius 3 is 3.12 bits per heavy atom. The molecule has 1 aliphatic rings. The molecule has 1 aromatic heterocycles. The van der Waals surface area contributed by atoms with Gasteiger partial charge in [-0.25, -0.2) is 0 Å². The van der Waals surface area contributed by atoms with Crippen LogP contribution in [0, 0.1) is 0 Å². The van der Waals surface area contributed by atoms with Gasteiger partial charge in [-0.1, -0.05) is 0 Å². The number of hydrogen-bond acceptors (Lipinski definition) is 4. The van der Waals surface area contributed by atoms with Crippen molar-refractivity contribution in [1.29, 1.82) is 0 Å². The molecule has 1 saturated heterocycles. The van der Waals surface area contributed by atoms with Crippen molar-refractivity contribution in [2.24, 2.45) is 0 Å². The van der Waals surface area contributed by atoms with Gasteiger partial charge >= 0.3 is 0 Å². The number of pyridine rings is 1. The van der Waals surface area contributed by atoms with Gasteiger partial charge in [0.2, 0.25) is 0 Å². The zero-order valence-electron chi connectivity index (χ0n) is 9.56. The van der Waals surface area contributed by atoms with E-state index in [0.717, 1.165) is 25.1 Å². The second-order valence-corrected chi connectivity index (χ2v) is 4.01. The Morgan fingerprint density at radius 1 is 1.50 bits per heavy atom. The van der Waals surface area contributed by atoms with Crippen LogP contribution in [0.1, 0.15) is 12.8 Å². The van der Waals surface area contributed by atoms with Gasteiger partial charge in [-0.3, -0.25) is 4.98 Å². The maximum absolute atomic E-state index is 5.82. The molecular formula is C12H18N2O2. The van der Waals surface area contributed by atoms with Crippen molar-refractivity contribution in [2.45, 2.75) is 25.0 Å². The van der Waals surface area contributed by atoms with Crippen LogP contribution in [0.4, 0.5) is 0 Å². The van der Waals surface area contributed by atoms with E-state index in [1.165, 1.54) is 0 Å². The highest BCUT2D eigenvalue weighted by Gasteiger charge is 2.24.